The number of hydrogen-bond donors (Lipinski definition) is 0. The fraction of sp³-hybridized carbons (Fsp3) is 0.333. The number of hydrogen-bond acceptors (Lipinski definition) is 0. The van der Waals surface area contributed by atoms with Crippen molar-refractivity contribution in [3.05, 3.63) is 80.3 Å². The van der Waals surface area contributed by atoms with Gasteiger partial charge in [-0.2, -0.15) is 0 Å². The molecule has 0 N–H and O–H groups in total. The van der Waals surface area contributed by atoms with E-state index in [9.17, 15) is 0 Å². The molecule has 2 aliphatic rings. The zero-order chi connectivity index (χ0) is 18.6. The van der Waals surface area contributed by atoms with Gasteiger partial charge in [0, 0.05) is 0 Å². The maximum atomic E-state index is 2.58. The molecule has 26 heavy (non-hydrogen) atoms. The molecule has 0 bridgehead atoms. The third-order valence-electron chi connectivity index (χ3n) is 6.59. The van der Waals surface area contributed by atoms with Gasteiger partial charge >= 0.3 is 165 Å². The quantitative estimate of drug-likeness (QED) is 0.489. The Hall–Kier alpha value is -1.15. The van der Waals surface area contributed by atoms with E-state index in [1.54, 1.807) is 27.8 Å². The second-order valence-corrected chi connectivity index (χ2v) is 20.0. The maximum absolute atomic E-state index is 2.58. The van der Waals surface area contributed by atoms with Gasteiger partial charge in [0.15, 0.2) is 0 Å². The minimum atomic E-state index is -1.50. The fourth-order valence-electron chi connectivity index (χ4n) is 4.98. The monoisotopic (exact) mass is 392 g/mol. The van der Waals surface area contributed by atoms with Gasteiger partial charge in [-0.1, -0.05) is 0 Å². The molecular weight excluding hydrogens is 364 g/mol. The Balaban J connectivity index is 1.98. The van der Waals surface area contributed by atoms with Crippen molar-refractivity contribution in [2.75, 3.05) is 0 Å². The van der Waals surface area contributed by atoms with Gasteiger partial charge in [0.2, 0.25) is 0 Å². The third-order valence-corrected chi connectivity index (χ3v) is 19.1. The molecule has 0 nitrogen and oxygen atoms in total. The average molecular weight is 392 g/mol. The van der Waals surface area contributed by atoms with Crippen LogP contribution in [0.25, 0.3) is 11.1 Å². The van der Waals surface area contributed by atoms with E-state index >= 15 is 0 Å². The Labute approximate surface area is 164 Å². The molecule has 0 fully saturated rings. The number of allylic oxidation sites excluding steroid dienone is 4. The van der Waals surface area contributed by atoms with Crippen molar-refractivity contribution in [1.29, 1.82) is 0 Å². The van der Waals surface area contributed by atoms with Gasteiger partial charge in [-0.15, -0.1) is 0 Å². The first kappa shape index (κ1) is 18.2. The predicted octanol–water partition coefficient (Wildman–Crippen LogP) is 6.89. The Morgan fingerprint density at radius 2 is 1.27 bits per heavy atom. The van der Waals surface area contributed by atoms with E-state index in [2.05, 4.69) is 89.3 Å². The van der Waals surface area contributed by atoms with Gasteiger partial charge in [-0.05, 0) is 0 Å². The topological polar surface area (TPSA) is 0 Å². The SMILES string of the molecule is CC1=C(C)C(C)[C]([Ti]([CH]2c3ccccc3-c3ccccc32)=[Si](C)C)=C1C. The Morgan fingerprint density at radius 3 is 1.69 bits per heavy atom. The van der Waals surface area contributed by atoms with Crippen molar-refractivity contribution in [2.24, 2.45) is 5.92 Å². The normalized spacial score (nSPS) is 19.1. The van der Waals surface area contributed by atoms with Gasteiger partial charge in [0.1, 0.15) is 0 Å². The summed E-state index contributed by atoms with van der Waals surface area (Å²) < 4.78 is 2.56. The average Bonchev–Trinajstić information content (AvgIpc) is 3.06. The summed E-state index contributed by atoms with van der Waals surface area (Å²) in [7, 11) is 0. The number of rotatable bonds is 2. The summed E-state index contributed by atoms with van der Waals surface area (Å²) >= 11 is -1.50. The Bertz CT molecular complexity index is 957. The van der Waals surface area contributed by atoms with Crippen LogP contribution in [-0.2, 0) is 16.6 Å². The molecule has 132 valence electrons. The number of fused-ring (bicyclic) bond motifs is 3. The summed E-state index contributed by atoms with van der Waals surface area (Å²) in [6, 6.07) is 18.4. The van der Waals surface area contributed by atoms with Crippen LogP contribution < -0.4 is 0 Å². The first-order valence-electron chi connectivity index (χ1n) is 9.68. The van der Waals surface area contributed by atoms with Crippen LogP contribution in [0.2, 0.25) is 13.1 Å². The molecule has 0 saturated carbocycles. The standard InChI is InChI=1S/C13H9.C9H13.C2H6Si.Ti/c1-3-7-12-10(5-1)9-11-6-2-4-8-13(11)12;1-6-5-7(2)9(4)8(6)3;1-3-2;/h1-9H;6H,1-4H3;1-2H3;. The van der Waals surface area contributed by atoms with Crippen LogP contribution in [0.15, 0.2) is 69.1 Å². The molecule has 4 rings (SSSR count). The minimum absolute atomic E-state index is 0.351. The van der Waals surface area contributed by atoms with Crippen molar-refractivity contribution in [2.45, 2.75) is 45.0 Å². The Morgan fingerprint density at radius 1 is 0.769 bits per heavy atom. The molecule has 0 aliphatic heterocycles. The van der Waals surface area contributed by atoms with Crippen molar-refractivity contribution in [3.8, 4) is 11.1 Å². The van der Waals surface area contributed by atoms with Crippen LogP contribution in [-0.4, -0.2) is 6.19 Å². The van der Waals surface area contributed by atoms with E-state index < -0.39 is 16.6 Å². The van der Waals surface area contributed by atoms with E-state index in [1.165, 1.54) is 11.1 Å². The molecule has 0 amide bonds. The molecule has 0 heterocycles. The second kappa shape index (κ2) is 6.78. The van der Waals surface area contributed by atoms with Gasteiger partial charge < -0.3 is 0 Å². The molecule has 0 radical (unpaired) electrons. The van der Waals surface area contributed by atoms with Crippen molar-refractivity contribution in [1.82, 2.24) is 0 Å². The van der Waals surface area contributed by atoms with Crippen LogP contribution in [0.5, 0.6) is 0 Å². The first-order chi connectivity index (χ1) is 12.4. The second-order valence-electron chi connectivity index (χ2n) is 8.09. The van der Waals surface area contributed by atoms with Crippen LogP contribution in [0.3, 0.4) is 0 Å². The summed E-state index contributed by atoms with van der Waals surface area (Å²) in [6.07, 6.45) is -0.351. The van der Waals surface area contributed by atoms with Gasteiger partial charge in [-0.25, -0.2) is 0 Å². The zero-order valence-corrected chi connectivity index (χ0v) is 19.3. The van der Waals surface area contributed by atoms with E-state index in [0.29, 0.717) is 10.1 Å². The summed E-state index contributed by atoms with van der Waals surface area (Å²) in [5, 5.41) is 0. The molecule has 2 aromatic rings. The molecule has 0 saturated heterocycles. The summed E-state index contributed by atoms with van der Waals surface area (Å²) in [5.41, 5.74) is 11.0. The molecule has 0 spiro atoms. The van der Waals surface area contributed by atoms with Gasteiger partial charge in [0.05, 0.1) is 0 Å². The van der Waals surface area contributed by atoms with E-state index in [-0.39, 0.29) is 6.19 Å². The van der Waals surface area contributed by atoms with Crippen LogP contribution in [0.1, 0.15) is 43.0 Å². The summed E-state index contributed by atoms with van der Waals surface area (Å²) in [6.45, 7) is 14.7. The third kappa shape index (κ3) is 2.59. The van der Waals surface area contributed by atoms with Crippen LogP contribution in [0, 0.1) is 5.92 Å². The van der Waals surface area contributed by atoms with Crippen molar-refractivity contribution >= 4 is 6.19 Å². The Kier molecular flexibility index (Phi) is 4.75. The summed E-state index contributed by atoms with van der Waals surface area (Å²) in [5.74, 6) is 0.657. The van der Waals surface area contributed by atoms with Crippen LogP contribution >= 0.6 is 0 Å². The van der Waals surface area contributed by atoms with Crippen molar-refractivity contribution < 1.29 is 16.6 Å². The van der Waals surface area contributed by atoms with Crippen LogP contribution in [0.4, 0.5) is 0 Å². The molecule has 1 unspecified atom stereocenters. The van der Waals surface area contributed by atoms with E-state index in [0.717, 1.165) is 0 Å². The molecule has 2 heteroatoms. The molecule has 1 atom stereocenters. The fourth-order valence-corrected chi connectivity index (χ4v) is 18.5. The molecule has 2 aliphatic carbocycles. The molecule has 2 aromatic carbocycles. The zero-order valence-electron chi connectivity index (χ0n) is 16.8. The van der Waals surface area contributed by atoms with E-state index in [1.807, 2.05) is 3.88 Å². The molecule has 0 aromatic heterocycles. The predicted molar refractivity (Wildman–Crippen MR) is 111 cm³/mol. The first-order valence-corrected chi connectivity index (χ1v) is 16.2. The van der Waals surface area contributed by atoms with Gasteiger partial charge in [0.25, 0.3) is 0 Å². The summed E-state index contributed by atoms with van der Waals surface area (Å²) in [4.78, 5) is 0. The van der Waals surface area contributed by atoms with Gasteiger partial charge in [-0.3, -0.25) is 0 Å². The van der Waals surface area contributed by atoms with E-state index in [4.69, 9.17) is 0 Å². The van der Waals surface area contributed by atoms with Crippen molar-refractivity contribution in [3.63, 3.8) is 0 Å². The number of benzene rings is 2. The molecular formula is C24H28SiTi.